The van der Waals surface area contributed by atoms with Crippen molar-refractivity contribution in [3.8, 4) is 0 Å². The molecular formula is C48H71Br6N7O2. The van der Waals surface area contributed by atoms with Gasteiger partial charge < -0.3 is 32.2 Å². The van der Waals surface area contributed by atoms with E-state index < -0.39 is 0 Å². The molecule has 63 heavy (non-hydrogen) atoms. The van der Waals surface area contributed by atoms with Gasteiger partial charge in [0.25, 0.3) is 0 Å². The van der Waals surface area contributed by atoms with Gasteiger partial charge >= 0.3 is 0 Å². The summed E-state index contributed by atoms with van der Waals surface area (Å²) in [5.74, 6) is 0.0649. The zero-order valence-electron chi connectivity index (χ0n) is 36.1. The van der Waals surface area contributed by atoms with Gasteiger partial charge in [-0.3, -0.25) is 14.8 Å². The van der Waals surface area contributed by atoms with Gasteiger partial charge in [-0.05, 0) is 135 Å². The molecule has 4 bridgehead atoms. The van der Waals surface area contributed by atoms with E-state index in [-0.39, 0.29) is 119 Å². The van der Waals surface area contributed by atoms with E-state index in [0.717, 1.165) is 123 Å². The Kier molecular flexibility index (Phi) is 36.1. The van der Waals surface area contributed by atoms with Gasteiger partial charge in [-0.15, -0.1) is 102 Å². The summed E-state index contributed by atoms with van der Waals surface area (Å²) in [4.78, 5) is 10.2. The summed E-state index contributed by atoms with van der Waals surface area (Å²) in [6.45, 7) is 14.0. The molecule has 9 nitrogen and oxygen atoms in total. The summed E-state index contributed by atoms with van der Waals surface area (Å²) in [5.41, 5.74) is 11.9. The maximum Gasteiger partial charge on any atom is 0.0522 e. The van der Waals surface area contributed by atoms with E-state index in [0.29, 0.717) is 0 Å². The maximum atomic E-state index is 4.94. The van der Waals surface area contributed by atoms with Crippen molar-refractivity contribution in [1.82, 2.24) is 36.1 Å². The van der Waals surface area contributed by atoms with Crippen LogP contribution >= 0.6 is 102 Å². The zero-order valence-corrected chi connectivity index (χ0v) is 46.4. The quantitative estimate of drug-likeness (QED) is 0.128. The van der Waals surface area contributed by atoms with Crippen molar-refractivity contribution in [3.63, 3.8) is 0 Å². The first-order valence-corrected chi connectivity index (χ1v) is 20.8. The molecule has 0 fully saturated rings. The lowest BCUT2D eigenvalue weighted by molar-refractivity contribution is 0.256. The Bertz CT molecular complexity index is 1740. The van der Waals surface area contributed by atoms with Crippen LogP contribution in [0.3, 0.4) is 0 Å². The summed E-state index contributed by atoms with van der Waals surface area (Å²) in [7, 11) is 0. The van der Waals surface area contributed by atoms with Crippen molar-refractivity contribution in [1.29, 1.82) is 0 Å². The summed E-state index contributed by atoms with van der Waals surface area (Å²) >= 11 is 0. The van der Waals surface area contributed by atoms with E-state index >= 15 is 0 Å². The highest BCUT2D eigenvalue weighted by Gasteiger charge is 2.20. The third-order valence-electron chi connectivity index (χ3n) is 11.0. The molecule has 4 aromatic carbocycles. The number of aromatic nitrogens is 1. The van der Waals surface area contributed by atoms with Crippen LogP contribution < -0.4 is 21.3 Å². The van der Waals surface area contributed by atoms with Crippen molar-refractivity contribution in [2.75, 3.05) is 52.4 Å². The van der Waals surface area contributed by atoms with Crippen LogP contribution in [0.25, 0.3) is 0 Å². The average Bonchev–Trinajstić information content (AvgIpc) is 3.21. The maximum absolute atomic E-state index is 4.94. The normalized spacial score (nSPS) is 15.4. The molecule has 2 aliphatic rings. The Morgan fingerprint density at radius 3 is 1.14 bits per heavy atom. The zero-order chi connectivity index (χ0) is 37.3. The molecule has 8 N–H and O–H groups in total. The molecule has 1 aromatic heterocycles. The van der Waals surface area contributed by atoms with Crippen molar-refractivity contribution < 1.29 is 11.0 Å². The van der Waals surface area contributed by atoms with Gasteiger partial charge in [0.05, 0.1) is 11.6 Å². The molecular weight excluding hydrogens is 1190 g/mol. The standard InChI is InChI=1S/C48H61N7.6BrH.2H2O/c1-2-24-53-47(19-1)48(45-17-5-15-43(31-45)37-54-25-7-20-49-33-39-11-3-12-40(29-39)34-50-21-8-26-54)46-18-6-16-44(32-46)38-55-27-9-22-51-35-41-13-4-14-42(30-41)36-52-23-10-28-55;;;;;;;;/h1-6,11-19,24,29-32,48-52H,7-10,20-23,25-28,33-38H2;6*1H;2*1H2. The highest BCUT2D eigenvalue weighted by atomic mass is 79.9. The Morgan fingerprint density at radius 2 is 0.794 bits per heavy atom. The number of pyridine rings is 1. The van der Waals surface area contributed by atoms with E-state index in [9.17, 15) is 0 Å². The predicted molar refractivity (Wildman–Crippen MR) is 296 cm³/mol. The minimum absolute atomic E-state index is 0. The second-order valence-corrected chi connectivity index (χ2v) is 15.5. The van der Waals surface area contributed by atoms with Crippen LogP contribution in [0, 0.1) is 0 Å². The van der Waals surface area contributed by atoms with E-state index in [1.165, 1.54) is 44.5 Å². The summed E-state index contributed by atoms with van der Waals surface area (Å²) in [6, 6.07) is 42.9. The van der Waals surface area contributed by atoms with Gasteiger partial charge in [-0.1, -0.05) is 103 Å². The lowest BCUT2D eigenvalue weighted by atomic mass is 9.86. The first-order valence-electron chi connectivity index (χ1n) is 20.8. The van der Waals surface area contributed by atoms with Gasteiger partial charge in [0.2, 0.25) is 0 Å². The van der Waals surface area contributed by atoms with Gasteiger partial charge in [-0.25, -0.2) is 0 Å². The molecule has 0 saturated heterocycles. The Hall–Kier alpha value is -1.41. The monoisotopic (exact) mass is 1250 g/mol. The van der Waals surface area contributed by atoms with Crippen LogP contribution in [0.1, 0.15) is 81.8 Å². The Morgan fingerprint density at radius 1 is 0.429 bits per heavy atom. The molecule has 7 rings (SSSR count). The molecule has 0 radical (unpaired) electrons. The number of fused-ring (bicyclic) bond motifs is 4. The third-order valence-corrected chi connectivity index (χ3v) is 11.0. The fourth-order valence-electron chi connectivity index (χ4n) is 8.22. The number of halogens is 6. The molecule has 0 unspecified atom stereocenters. The number of rotatable bonds is 7. The molecule has 0 saturated carbocycles. The van der Waals surface area contributed by atoms with Crippen LogP contribution in [0.5, 0.6) is 0 Å². The van der Waals surface area contributed by atoms with Gasteiger partial charge in [0.1, 0.15) is 0 Å². The number of benzene rings is 4. The number of nitrogens with one attached hydrogen (secondary N) is 4. The molecule has 0 atom stereocenters. The summed E-state index contributed by atoms with van der Waals surface area (Å²) < 4.78 is 0. The highest BCUT2D eigenvalue weighted by Crippen LogP contribution is 2.32. The van der Waals surface area contributed by atoms with Crippen molar-refractivity contribution >= 4 is 102 Å². The van der Waals surface area contributed by atoms with Crippen LogP contribution in [-0.4, -0.2) is 78.1 Å². The number of hydrogen-bond donors (Lipinski definition) is 4. The second kappa shape index (κ2) is 35.7. The molecule has 5 aromatic rings. The van der Waals surface area contributed by atoms with E-state index in [2.05, 4.69) is 140 Å². The average molecular weight is 1260 g/mol. The summed E-state index contributed by atoms with van der Waals surface area (Å²) in [6.07, 6.45) is 6.47. The van der Waals surface area contributed by atoms with Crippen molar-refractivity contribution in [2.24, 2.45) is 0 Å². The van der Waals surface area contributed by atoms with Crippen LogP contribution in [0.15, 0.2) is 121 Å². The van der Waals surface area contributed by atoms with E-state index in [4.69, 9.17) is 4.98 Å². The van der Waals surface area contributed by atoms with Crippen molar-refractivity contribution in [3.05, 3.63) is 172 Å². The molecule has 352 valence electrons. The molecule has 0 spiro atoms. The van der Waals surface area contributed by atoms with Crippen molar-refractivity contribution in [2.45, 2.75) is 70.9 Å². The first kappa shape index (κ1) is 63.7. The smallest absolute Gasteiger partial charge is 0.0522 e. The fraction of sp³-hybridized carbons (Fsp3) is 0.396. The van der Waals surface area contributed by atoms with E-state index in [1.54, 1.807) is 0 Å². The van der Waals surface area contributed by atoms with Crippen LogP contribution in [0.4, 0.5) is 0 Å². The molecule has 15 heteroatoms. The lowest BCUT2D eigenvalue weighted by Gasteiger charge is -2.25. The minimum Gasteiger partial charge on any atom is -0.412 e. The molecule has 2 aliphatic heterocycles. The third kappa shape index (κ3) is 21.4. The van der Waals surface area contributed by atoms with Gasteiger partial charge in [0.15, 0.2) is 0 Å². The van der Waals surface area contributed by atoms with Gasteiger partial charge in [0, 0.05) is 45.5 Å². The fourth-order valence-corrected chi connectivity index (χ4v) is 8.22. The molecule has 0 amide bonds. The topological polar surface area (TPSA) is 130 Å². The number of hydrogen-bond acceptors (Lipinski definition) is 7. The minimum atomic E-state index is 0. The SMILES string of the molecule is Br.Br.Br.Br.Br.Br.O.O.c1ccc(C(c2cccc(CN3CCCNCc4cccc(c4)CNCCC3)c2)c2cccc(CN3CCCNCc4cccc(c4)CNCCC3)c2)nc1. The molecule has 0 aliphatic carbocycles. The van der Waals surface area contributed by atoms with Crippen LogP contribution in [-0.2, 0) is 39.3 Å². The largest absolute Gasteiger partial charge is 0.412 e. The van der Waals surface area contributed by atoms with E-state index in [1.807, 2.05) is 12.3 Å². The highest BCUT2D eigenvalue weighted by molar-refractivity contribution is 8.93. The van der Waals surface area contributed by atoms with Gasteiger partial charge in [-0.2, -0.15) is 0 Å². The summed E-state index contributed by atoms with van der Waals surface area (Å²) in [5, 5.41) is 14.7. The lowest BCUT2D eigenvalue weighted by Crippen LogP contribution is -2.30. The second-order valence-electron chi connectivity index (χ2n) is 15.5. The Balaban J connectivity index is 0. The predicted octanol–water partition coefficient (Wildman–Crippen LogP) is 9.03. The number of nitrogens with zero attached hydrogens (tertiary/aromatic N) is 3. The molecule has 3 heterocycles. The Labute approximate surface area is 440 Å². The first-order chi connectivity index (χ1) is 27.2. The van der Waals surface area contributed by atoms with Crippen LogP contribution in [0.2, 0.25) is 0 Å².